The highest BCUT2D eigenvalue weighted by molar-refractivity contribution is 6.30. The molecule has 0 spiro atoms. The number of nitrogens with zero attached hydrogens (tertiary/aromatic N) is 4. The van der Waals surface area contributed by atoms with Crippen LogP contribution in [0.2, 0.25) is 0 Å². The third-order valence-corrected chi connectivity index (χ3v) is 4.60. The number of rotatable bonds is 5. The Morgan fingerprint density at radius 1 is 1.27 bits per heavy atom. The highest BCUT2D eigenvalue weighted by Gasteiger charge is 2.23. The number of hydrogen-bond donors (Lipinski definition) is 0. The second kappa shape index (κ2) is 8.51. The Morgan fingerprint density at radius 2 is 2.04 bits per heavy atom. The number of benzene rings is 1. The number of hydrogen-bond acceptors (Lipinski definition) is 6. The topological polar surface area (TPSA) is 71.7 Å². The third kappa shape index (κ3) is 4.53. The van der Waals surface area contributed by atoms with Crippen molar-refractivity contribution in [1.82, 2.24) is 19.9 Å². The van der Waals surface area contributed by atoms with Crippen LogP contribution in [-0.2, 0) is 11.3 Å². The Morgan fingerprint density at radius 3 is 2.73 bits per heavy atom. The summed E-state index contributed by atoms with van der Waals surface area (Å²) in [6.07, 6.45) is 0.898. The molecule has 26 heavy (non-hydrogen) atoms. The van der Waals surface area contributed by atoms with Gasteiger partial charge in [0.15, 0.2) is 0 Å². The van der Waals surface area contributed by atoms with Crippen molar-refractivity contribution in [1.29, 1.82) is 0 Å². The molecule has 1 amide bonds. The molecule has 1 atom stereocenters. The van der Waals surface area contributed by atoms with E-state index in [0.29, 0.717) is 24.8 Å². The van der Waals surface area contributed by atoms with Crippen LogP contribution < -0.4 is 4.74 Å². The lowest BCUT2D eigenvalue weighted by atomic mass is 10.2. The number of alkyl halides is 1. The summed E-state index contributed by atoms with van der Waals surface area (Å²) in [5, 5.41) is 3.58. The first-order chi connectivity index (χ1) is 12.6. The molecule has 0 aliphatic carbocycles. The fourth-order valence-electron chi connectivity index (χ4n) is 2.97. The maximum atomic E-state index is 12.0. The molecule has 1 aliphatic rings. The minimum atomic E-state index is -0.482. The molecule has 1 aliphatic heterocycles. The number of methoxy groups -OCH3 is 1. The quantitative estimate of drug-likeness (QED) is 0.744. The van der Waals surface area contributed by atoms with Gasteiger partial charge >= 0.3 is 0 Å². The Kier molecular flexibility index (Phi) is 6.11. The van der Waals surface area contributed by atoms with Crippen molar-refractivity contribution >= 4 is 17.5 Å². The van der Waals surface area contributed by atoms with Gasteiger partial charge in [0.25, 0.3) is 0 Å². The predicted octanol–water partition coefficient (Wildman–Crippen LogP) is 2.41. The molecule has 0 radical (unpaired) electrons. The molecule has 1 aromatic carbocycles. The molecule has 2 aromatic rings. The van der Waals surface area contributed by atoms with E-state index in [2.05, 4.69) is 15.0 Å². The van der Waals surface area contributed by atoms with Crippen LogP contribution in [0.5, 0.6) is 5.75 Å². The Bertz CT molecular complexity index is 732. The average molecular weight is 379 g/mol. The van der Waals surface area contributed by atoms with Crippen LogP contribution in [-0.4, -0.2) is 64.5 Å². The van der Waals surface area contributed by atoms with Crippen LogP contribution in [0, 0.1) is 0 Å². The zero-order valence-electron chi connectivity index (χ0n) is 15.0. The summed E-state index contributed by atoms with van der Waals surface area (Å²) in [6.45, 7) is 5.31. The SMILES string of the molecule is COc1ccc(-c2noc(CN3CCCN(C(=O)C(C)Cl)CC3)n2)cc1. The van der Waals surface area contributed by atoms with Gasteiger partial charge in [0, 0.05) is 31.7 Å². The largest absolute Gasteiger partial charge is 0.497 e. The monoisotopic (exact) mass is 378 g/mol. The van der Waals surface area contributed by atoms with Gasteiger partial charge in [-0.2, -0.15) is 4.98 Å². The van der Waals surface area contributed by atoms with E-state index in [9.17, 15) is 4.79 Å². The van der Waals surface area contributed by atoms with Gasteiger partial charge in [-0.3, -0.25) is 9.69 Å². The van der Waals surface area contributed by atoms with Crippen molar-refractivity contribution in [3.8, 4) is 17.1 Å². The zero-order chi connectivity index (χ0) is 18.5. The molecule has 0 saturated carbocycles. The average Bonchev–Trinajstić information content (AvgIpc) is 2.99. The van der Waals surface area contributed by atoms with E-state index in [1.807, 2.05) is 29.2 Å². The summed E-state index contributed by atoms with van der Waals surface area (Å²) in [7, 11) is 1.63. The molecule has 7 nitrogen and oxygen atoms in total. The van der Waals surface area contributed by atoms with Gasteiger partial charge in [0.05, 0.1) is 13.7 Å². The molecule has 0 N–H and O–H groups in total. The summed E-state index contributed by atoms with van der Waals surface area (Å²) in [5.74, 6) is 1.91. The number of aromatic nitrogens is 2. The summed E-state index contributed by atoms with van der Waals surface area (Å²) in [5.41, 5.74) is 0.879. The van der Waals surface area contributed by atoms with Crippen molar-refractivity contribution in [3.05, 3.63) is 30.2 Å². The number of carbonyl (C=O) groups is 1. The number of carbonyl (C=O) groups excluding carboxylic acids is 1. The van der Waals surface area contributed by atoms with Crippen LogP contribution >= 0.6 is 11.6 Å². The van der Waals surface area contributed by atoms with Crippen molar-refractivity contribution in [3.63, 3.8) is 0 Å². The molecular weight excluding hydrogens is 356 g/mol. The van der Waals surface area contributed by atoms with Gasteiger partial charge in [-0.25, -0.2) is 0 Å². The Balaban J connectivity index is 1.59. The molecule has 1 aromatic heterocycles. The normalized spacial score (nSPS) is 17.0. The van der Waals surface area contributed by atoms with Crippen LogP contribution in [0.4, 0.5) is 0 Å². The van der Waals surface area contributed by atoms with Crippen LogP contribution in [0.15, 0.2) is 28.8 Å². The third-order valence-electron chi connectivity index (χ3n) is 4.42. The molecule has 3 rings (SSSR count). The number of halogens is 1. The number of ether oxygens (including phenoxy) is 1. The lowest BCUT2D eigenvalue weighted by molar-refractivity contribution is -0.130. The minimum Gasteiger partial charge on any atom is -0.497 e. The summed E-state index contributed by atoms with van der Waals surface area (Å²) >= 11 is 5.92. The smallest absolute Gasteiger partial charge is 0.241 e. The number of amides is 1. The molecule has 1 unspecified atom stereocenters. The standard InChI is InChI=1S/C18H23ClN4O3/c1-13(19)18(24)23-9-3-8-22(10-11-23)12-16-20-17(21-26-16)14-4-6-15(25-2)7-5-14/h4-7,13H,3,8-12H2,1-2H3. The van der Waals surface area contributed by atoms with E-state index in [0.717, 1.165) is 37.4 Å². The molecule has 0 bridgehead atoms. The van der Waals surface area contributed by atoms with Gasteiger partial charge in [0.1, 0.15) is 11.1 Å². The van der Waals surface area contributed by atoms with E-state index in [4.69, 9.17) is 20.9 Å². The lowest BCUT2D eigenvalue weighted by Gasteiger charge is -2.22. The highest BCUT2D eigenvalue weighted by Crippen LogP contribution is 2.20. The van der Waals surface area contributed by atoms with Crippen LogP contribution in [0.25, 0.3) is 11.4 Å². The van der Waals surface area contributed by atoms with Crippen molar-refractivity contribution < 1.29 is 14.1 Å². The zero-order valence-corrected chi connectivity index (χ0v) is 15.8. The van der Waals surface area contributed by atoms with Crippen molar-refractivity contribution in [2.45, 2.75) is 25.3 Å². The lowest BCUT2D eigenvalue weighted by Crippen LogP contribution is -2.38. The first-order valence-electron chi connectivity index (χ1n) is 8.69. The van der Waals surface area contributed by atoms with E-state index < -0.39 is 5.38 Å². The summed E-state index contributed by atoms with van der Waals surface area (Å²) in [6, 6.07) is 7.53. The van der Waals surface area contributed by atoms with Crippen LogP contribution in [0.1, 0.15) is 19.2 Å². The van der Waals surface area contributed by atoms with E-state index >= 15 is 0 Å². The Labute approximate surface area is 157 Å². The first kappa shape index (κ1) is 18.7. The van der Waals surface area contributed by atoms with E-state index in [-0.39, 0.29) is 5.91 Å². The van der Waals surface area contributed by atoms with E-state index in [1.165, 1.54) is 0 Å². The summed E-state index contributed by atoms with van der Waals surface area (Å²) in [4.78, 5) is 20.6. The molecule has 140 valence electrons. The molecular formula is C18H23ClN4O3. The second-order valence-corrected chi connectivity index (χ2v) is 6.97. The summed E-state index contributed by atoms with van der Waals surface area (Å²) < 4.78 is 10.6. The van der Waals surface area contributed by atoms with Gasteiger partial charge in [-0.15, -0.1) is 11.6 Å². The minimum absolute atomic E-state index is 0.00639. The van der Waals surface area contributed by atoms with Gasteiger partial charge in [-0.1, -0.05) is 5.16 Å². The molecule has 2 heterocycles. The highest BCUT2D eigenvalue weighted by atomic mass is 35.5. The van der Waals surface area contributed by atoms with Crippen molar-refractivity contribution in [2.75, 3.05) is 33.3 Å². The predicted molar refractivity (Wildman–Crippen MR) is 98.1 cm³/mol. The van der Waals surface area contributed by atoms with E-state index in [1.54, 1.807) is 14.0 Å². The maximum Gasteiger partial charge on any atom is 0.241 e. The van der Waals surface area contributed by atoms with Crippen molar-refractivity contribution in [2.24, 2.45) is 0 Å². The Hall–Kier alpha value is -2.12. The van der Waals surface area contributed by atoms with Gasteiger partial charge < -0.3 is 14.2 Å². The molecule has 8 heteroatoms. The molecule has 1 fully saturated rings. The fourth-order valence-corrected chi connectivity index (χ4v) is 3.11. The van der Waals surface area contributed by atoms with Gasteiger partial charge in [0.2, 0.25) is 17.6 Å². The molecule has 1 saturated heterocycles. The van der Waals surface area contributed by atoms with Gasteiger partial charge in [-0.05, 0) is 37.6 Å². The second-order valence-electron chi connectivity index (χ2n) is 6.31. The maximum absolute atomic E-state index is 12.0. The van der Waals surface area contributed by atoms with Crippen LogP contribution in [0.3, 0.4) is 0 Å². The first-order valence-corrected chi connectivity index (χ1v) is 9.12. The fraction of sp³-hybridized carbons (Fsp3) is 0.500.